The summed E-state index contributed by atoms with van der Waals surface area (Å²) in [7, 11) is 0. The summed E-state index contributed by atoms with van der Waals surface area (Å²) in [6.45, 7) is 8.78. The number of hydrogen-bond donors (Lipinski definition) is 0. The normalized spacial score (nSPS) is 13.7. The van der Waals surface area contributed by atoms with Crippen molar-refractivity contribution in [2.45, 2.75) is 57.8 Å². The predicted octanol–water partition coefficient (Wildman–Crippen LogP) is 3.60. The van der Waals surface area contributed by atoms with E-state index in [2.05, 4.69) is 53.7 Å². The zero-order valence-corrected chi connectivity index (χ0v) is 12.2. The van der Waals surface area contributed by atoms with Crippen LogP contribution in [0.4, 0.5) is 0 Å². The largest absolute Gasteiger partial charge is 0.248 e. The minimum Gasteiger partial charge on any atom is -0.248 e. The molecule has 1 aromatic rings. The van der Waals surface area contributed by atoms with Crippen molar-refractivity contribution >= 4 is 15.9 Å². The lowest BCUT2D eigenvalue weighted by Crippen LogP contribution is -2.11. The van der Waals surface area contributed by atoms with Crippen LogP contribution in [0.25, 0.3) is 0 Å². The van der Waals surface area contributed by atoms with Crippen molar-refractivity contribution in [1.82, 2.24) is 14.8 Å². The molecule has 0 saturated carbocycles. The van der Waals surface area contributed by atoms with Crippen LogP contribution >= 0.6 is 15.9 Å². The van der Waals surface area contributed by atoms with Crippen LogP contribution in [0, 0.1) is 5.92 Å². The van der Waals surface area contributed by atoms with Gasteiger partial charge in [-0.05, 0) is 32.6 Å². The van der Waals surface area contributed by atoms with Crippen molar-refractivity contribution in [2.75, 3.05) is 0 Å². The summed E-state index contributed by atoms with van der Waals surface area (Å²) in [4.78, 5) is 4.91. The van der Waals surface area contributed by atoms with E-state index in [1.165, 1.54) is 6.42 Å². The van der Waals surface area contributed by atoms with Crippen molar-refractivity contribution in [3.63, 3.8) is 0 Å². The monoisotopic (exact) mass is 287 g/mol. The fraction of sp³-hybridized carbons (Fsp3) is 0.833. The zero-order chi connectivity index (χ0) is 12.1. The molecule has 0 aliphatic carbocycles. The number of halogens is 1. The van der Waals surface area contributed by atoms with E-state index in [0.29, 0.717) is 10.9 Å². The highest BCUT2D eigenvalue weighted by molar-refractivity contribution is 9.09. The van der Waals surface area contributed by atoms with Crippen LogP contribution in [0.2, 0.25) is 0 Å². The Labute approximate surface area is 107 Å². The molecule has 1 heterocycles. The molecule has 0 N–H and O–H groups in total. The quantitative estimate of drug-likeness (QED) is 0.749. The standard InChI is InChI=1S/C12H22BrN3/c1-9(2)7-11(13)5-6-12-14-8-15-16(12)10(3)4/h8-11H,5-7H2,1-4H3. The highest BCUT2D eigenvalue weighted by Gasteiger charge is 2.11. The minimum atomic E-state index is 0.399. The molecular weight excluding hydrogens is 266 g/mol. The first-order valence-electron chi connectivity index (χ1n) is 6.03. The molecule has 4 heteroatoms. The molecule has 1 rings (SSSR count). The Balaban J connectivity index is 2.45. The van der Waals surface area contributed by atoms with Crippen molar-refractivity contribution in [1.29, 1.82) is 0 Å². The molecule has 0 radical (unpaired) electrons. The SMILES string of the molecule is CC(C)CC(Br)CCc1ncnn1C(C)C. The second-order valence-electron chi connectivity index (χ2n) is 4.98. The van der Waals surface area contributed by atoms with Crippen LogP contribution < -0.4 is 0 Å². The summed E-state index contributed by atoms with van der Waals surface area (Å²) in [6, 6.07) is 0.399. The second kappa shape index (κ2) is 6.38. The molecule has 0 amide bonds. The van der Waals surface area contributed by atoms with Gasteiger partial charge >= 0.3 is 0 Å². The number of aryl methyl sites for hydroxylation is 1. The van der Waals surface area contributed by atoms with Crippen LogP contribution in [0.1, 0.15) is 52.4 Å². The Morgan fingerprint density at radius 3 is 2.56 bits per heavy atom. The minimum absolute atomic E-state index is 0.399. The molecule has 0 saturated heterocycles. The van der Waals surface area contributed by atoms with Gasteiger partial charge in [0.2, 0.25) is 0 Å². The maximum Gasteiger partial charge on any atom is 0.138 e. The molecule has 1 unspecified atom stereocenters. The molecule has 0 aliphatic heterocycles. The predicted molar refractivity (Wildman–Crippen MR) is 70.9 cm³/mol. The maximum absolute atomic E-state index is 4.32. The van der Waals surface area contributed by atoms with Crippen molar-refractivity contribution < 1.29 is 0 Å². The number of rotatable bonds is 6. The summed E-state index contributed by atoms with van der Waals surface area (Å²) in [5.41, 5.74) is 0. The van der Waals surface area contributed by atoms with Gasteiger partial charge in [0, 0.05) is 17.3 Å². The fourth-order valence-electron chi connectivity index (χ4n) is 1.80. The third-order valence-electron chi connectivity index (χ3n) is 2.54. The molecule has 92 valence electrons. The van der Waals surface area contributed by atoms with Gasteiger partial charge in [0.1, 0.15) is 12.2 Å². The van der Waals surface area contributed by atoms with Crippen LogP contribution in [-0.4, -0.2) is 19.6 Å². The third kappa shape index (κ3) is 4.24. The van der Waals surface area contributed by atoms with Gasteiger partial charge in [-0.2, -0.15) is 5.10 Å². The summed E-state index contributed by atoms with van der Waals surface area (Å²) in [5.74, 6) is 1.84. The third-order valence-corrected chi connectivity index (χ3v) is 3.38. The molecule has 0 aliphatic rings. The van der Waals surface area contributed by atoms with Crippen LogP contribution in [0.3, 0.4) is 0 Å². The van der Waals surface area contributed by atoms with Gasteiger partial charge in [0.05, 0.1) is 0 Å². The molecule has 0 bridgehead atoms. The lowest BCUT2D eigenvalue weighted by Gasteiger charge is -2.13. The van der Waals surface area contributed by atoms with Crippen molar-refractivity contribution in [3.05, 3.63) is 12.2 Å². The van der Waals surface area contributed by atoms with Gasteiger partial charge in [0.15, 0.2) is 0 Å². The fourth-order valence-corrected chi connectivity index (χ4v) is 2.78. The highest BCUT2D eigenvalue weighted by Crippen LogP contribution is 2.18. The molecule has 0 fully saturated rings. The summed E-state index contributed by atoms with van der Waals surface area (Å²) >= 11 is 3.73. The second-order valence-corrected chi connectivity index (χ2v) is 6.28. The van der Waals surface area contributed by atoms with Gasteiger partial charge in [-0.25, -0.2) is 9.67 Å². The Kier molecular flexibility index (Phi) is 5.46. The van der Waals surface area contributed by atoms with Crippen LogP contribution in [0.15, 0.2) is 6.33 Å². The number of aromatic nitrogens is 3. The van der Waals surface area contributed by atoms with E-state index in [-0.39, 0.29) is 0 Å². The molecule has 3 nitrogen and oxygen atoms in total. The topological polar surface area (TPSA) is 30.7 Å². The van der Waals surface area contributed by atoms with Gasteiger partial charge in [-0.1, -0.05) is 29.8 Å². The lowest BCUT2D eigenvalue weighted by atomic mass is 10.1. The van der Waals surface area contributed by atoms with Gasteiger partial charge in [-0.15, -0.1) is 0 Å². The van der Waals surface area contributed by atoms with E-state index in [1.807, 2.05) is 4.68 Å². The Morgan fingerprint density at radius 2 is 2.00 bits per heavy atom. The van der Waals surface area contributed by atoms with Crippen LogP contribution in [-0.2, 0) is 6.42 Å². The first-order chi connectivity index (χ1) is 7.50. The Bertz CT molecular complexity index is 307. The molecule has 1 atom stereocenters. The summed E-state index contributed by atoms with van der Waals surface area (Å²) in [6.07, 6.45) is 5.00. The van der Waals surface area contributed by atoms with E-state index in [1.54, 1.807) is 6.33 Å². The van der Waals surface area contributed by atoms with E-state index < -0.39 is 0 Å². The van der Waals surface area contributed by atoms with Gasteiger partial charge in [-0.3, -0.25) is 0 Å². The Morgan fingerprint density at radius 1 is 1.31 bits per heavy atom. The molecule has 0 spiro atoms. The summed E-state index contributed by atoms with van der Waals surface area (Å²) < 4.78 is 2.01. The molecule has 16 heavy (non-hydrogen) atoms. The molecular formula is C12H22BrN3. The molecule has 1 aromatic heterocycles. The average molecular weight is 288 g/mol. The van der Waals surface area contributed by atoms with Crippen LogP contribution in [0.5, 0.6) is 0 Å². The molecule has 0 aromatic carbocycles. The number of alkyl halides is 1. The van der Waals surface area contributed by atoms with E-state index in [9.17, 15) is 0 Å². The van der Waals surface area contributed by atoms with Crippen molar-refractivity contribution in [3.8, 4) is 0 Å². The van der Waals surface area contributed by atoms with Gasteiger partial charge in [0.25, 0.3) is 0 Å². The highest BCUT2D eigenvalue weighted by atomic mass is 79.9. The van der Waals surface area contributed by atoms with E-state index in [4.69, 9.17) is 0 Å². The number of nitrogens with zero attached hydrogens (tertiary/aromatic N) is 3. The van der Waals surface area contributed by atoms with Crippen molar-refractivity contribution in [2.24, 2.45) is 5.92 Å². The Hall–Kier alpha value is -0.380. The van der Waals surface area contributed by atoms with E-state index in [0.717, 1.165) is 24.6 Å². The van der Waals surface area contributed by atoms with E-state index >= 15 is 0 Å². The first-order valence-corrected chi connectivity index (χ1v) is 6.94. The average Bonchev–Trinajstić information content (AvgIpc) is 2.61. The van der Waals surface area contributed by atoms with Gasteiger partial charge < -0.3 is 0 Å². The zero-order valence-electron chi connectivity index (χ0n) is 10.7. The maximum atomic E-state index is 4.32. The first kappa shape index (κ1) is 13.7. The smallest absolute Gasteiger partial charge is 0.138 e. The number of hydrogen-bond acceptors (Lipinski definition) is 2. The lowest BCUT2D eigenvalue weighted by molar-refractivity contribution is 0.491. The summed E-state index contributed by atoms with van der Waals surface area (Å²) in [5, 5.41) is 4.24.